The largest absolute Gasteiger partial charge is 0.378 e. The molecule has 0 bridgehead atoms. The maximum absolute atomic E-state index is 13.3. The van der Waals surface area contributed by atoms with Crippen LogP contribution in [0.2, 0.25) is 0 Å². The first-order valence-electron chi connectivity index (χ1n) is 9.84. The number of morpholine rings is 1. The van der Waals surface area contributed by atoms with E-state index in [2.05, 4.69) is 0 Å². The van der Waals surface area contributed by atoms with E-state index in [-0.39, 0.29) is 6.03 Å². The van der Waals surface area contributed by atoms with Crippen molar-refractivity contribution in [2.75, 3.05) is 31.2 Å². The highest BCUT2D eigenvalue weighted by Crippen LogP contribution is 2.29. The lowest BCUT2D eigenvalue weighted by molar-refractivity contribution is 0.0548. The number of ether oxygens (including phenoxy) is 1. The van der Waals surface area contributed by atoms with E-state index >= 15 is 0 Å². The number of hydrogen-bond acceptors (Lipinski definition) is 6. The lowest BCUT2D eigenvalue weighted by Gasteiger charge is -2.31. The summed E-state index contributed by atoms with van der Waals surface area (Å²) < 4.78 is 5.38. The van der Waals surface area contributed by atoms with Crippen molar-refractivity contribution in [1.82, 2.24) is 15.4 Å². The first-order chi connectivity index (χ1) is 15.2. The highest BCUT2D eigenvalue weighted by molar-refractivity contribution is 7.14. The van der Waals surface area contributed by atoms with Gasteiger partial charge in [0.2, 0.25) is 0 Å². The number of urea groups is 1. The minimum atomic E-state index is -0.583. The second kappa shape index (κ2) is 9.69. The number of hydrogen-bond donors (Lipinski definition) is 2. The summed E-state index contributed by atoms with van der Waals surface area (Å²) >= 11 is 1.41. The molecule has 0 spiro atoms. The average Bonchev–Trinajstić information content (AvgIpc) is 3.33. The number of amides is 3. The molecular weight excluding hydrogens is 416 g/mol. The summed E-state index contributed by atoms with van der Waals surface area (Å²) in [5.41, 5.74) is 4.59. The zero-order chi connectivity index (χ0) is 21.6. The Kier molecular flexibility index (Phi) is 6.56. The summed E-state index contributed by atoms with van der Waals surface area (Å²) in [4.78, 5) is 33.0. The first-order valence-corrected chi connectivity index (χ1v) is 10.7. The molecule has 160 valence electrons. The SMILES string of the molecule is O=C(NO)c1ccc(CN(C(=O)N2CCOCC2)c2nc(-c3ccccc3)cs2)cc1. The zero-order valence-corrected chi connectivity index (χ0v) is 17.5. The van der Waals surface area contributed by atoms with E-state index in [0.717, 1.165) is 16.8 Å². The number of hydroxylamine groups is 1. The predicted octanol–water partition coefficient (Wildman–Crippen LogP) is 3.39. The average molecular weight is 439 g/mol. The molecule has 31 heavy (non-hydrogen) atoms. The molecule has 1 aromatic heterocycles. The van der Waals surface area contributed by atoms with Crippen molar-refractivity contribution in [1.29, 1.82) is 0 Å². The lowest BCUT2D eigenvalue weighted by Crippen LogP contribution is -2.48. The van der Waals surface area contributed by atoms with Crippen LogP contribution in [0.4, 0.5) is 9.93 Å². The molecule has 0 atom stereocenters. The van der Waals surface area contributed by atoms with E-state index in [0.29, 0.717) is 43.5 Å². The fraction of sp³-hybridized carbons (Fsp3) is 0.227. The van der Waals surface area contributed by atoms with Gasteiger partial charge < -0.3 is 9.64 Å². The highest BCUT2D eigenvalue weighted by atomic mass is 32.1. The van der Waals surface area contributed by atoms with E-state index in [1.165, 1.54) is 11.3 Å². The lowest BCUT2D eigenvalue weighted by atomic mass is 10.1. The number of carbonyl (C=O) groups excluding carboxylic acids is 2. The van der Waals surface area contributed by atoms with Crippen LogP contribution in [0.5, 0.6) is 0 Å². The number of rotatable bonds is 5. The Morgan fingerprint density at radius 1 is 1.10 bits per heavy atom. The Labute approximate surface area is 183 Å². The number of nitrogens with one attached hydrogen (secondary N) is 1. The van der Waals surface area contributed by atoms with Gasteiger partial charge in [-0.3, -0.25) is 14.9 Å². The Balaban J connectivity index is 1.61. The topological polar surface area (TPSA) is 95.0 Å². The summed E-state index contributed by atoms with van der Waals surface area (Å²) in [6.07, 6.45) is 0. The van der Waals surface area contributed by atoms with E-state index in [4.69, 9.17) is 14.9 Å². The van der Waals surface area contributed by atoms with Crippen molar-refractivity contribution in [3.63, 3.8) is 0 Å². The third-order valence-electron chi connectivity index (χ3n) is 4.96. The number of thiazole rings is 1. The van der Waals surface area contributed by atoms with E-state index in [1.54, 1.807) is 39.5 Å². The molecule has 2 aromatic carbocycles. The molecule has 0 radical (unpaired) electrons. The minimum absolute atomic E-state index is 0.130. The van der Waals surface area contributed by atoms with Crippen molar-refractivity contribution in [2.24, 2.45) is 0 Å². The smallest absolute Gasteiger partial charge is 0.326 e. The van der Waals surface area contributed by atoms with E-state index in [9.17, 15) is 9.59 Å². The van der Waals surface area contributed by atoms with Crippen molar-refractivity contribution in [3.05, 3.63) is 71.1 Å². The molecule has 1 aliphatic heterocycles. The van der Waals surface area contributed by atoms with E-state index < -0.39 is 5.91 Å². The molecule has 8 nitrogen and oxygen atoms in total. The zero-order valence-electron chi connectivity index (χ0n) is 16.7. The number of nitrogens with zero attached hydrogens (tertiary/aromatic N) is 3. The van der Waals surface area contributed by atoms with Crippen LogP contribution in [0.25, 0.3) is 11.3 Å². The van der Waals surface area contributed by atoms with Crippen LogP contribution < -0.4 is 10.4 Å². The van der Waals surface area contributed by atoms with E-state index in [1.807, 2.05) is 35.7 Å². The first kappa shape index (κ1) is 21.0. The number of carbonyl (C=O) groups is 2. The van der Waals surface area contributed by atoms with Gasteiger partial charge in [0.25, 0.3) is 5.91 Å². The highest BCUT2D eigenvalue weighted by Gasteiger charge is 2.26. The molecule has 0 aliphatic carbocycles. The van der Waals surface area contributed by atoms with Gasteiger partial charge >= 0.3 is 6.03 Å². The van der Waals surface area contributed by atoms with Crippen LogP contribution in [0, 0.1) is 0 Å². The van der Waals surface area contributed by atoms with Crippen molar-refractivity contribution >= 4 is 28.4 Å². The van der Waals surface area contributed by atoms with Gasteiger partial charge in [-0.1, -0.05) is 42.5 Å². The van der Waals surface area contributed by atoms with Crippen LogP contribution in [-0.2, 0) is 11.3 Å². The van der Waals surface area contributed by atoms with Crippen LogP contribution in [0.1, 0.15) is 15.9 Å². The summed E-state index contributed by atoms with van der Waals surface area (Å²) in [5, 5.41) is 11.3. The quantitative estimate of drug-likeness (QED) is 0.470. The van der Waals surface area contributed by atoms with Crippen molar-refractivity contribution in [3.8, 4) is 11.3 Å². The third kappa shape index (κ3) is 4.91. The Morgan fingerprint density at radius 2 is 1.81 bits per heavy atom. The molecular formula is C22H22N4O4S. The van der Waals surface area contributed by atoms with Gasteiger partial charge in [0, 0.05) is 29.6 Å². The Morgan fingerprint density at radius 3 is 2.48 bits per heavy atom. The Bertz CT molecular complexity index is 1030. The molecule has 3 aromatic rings. The molecule has 4 rings (SSSR count). The normalized spacial score (nSPS) is 13.6. The Hall–Kier alpha value is -3.27. The maximum atomic E-state index is 13.3. The fourth-order valence-electron chi connectivity index (χ4n) is 3.28. The van der Waals surface area contributed by atoms with Crippen molar-refractivity contribution < 1.29 is 19.5 Å². The molecule has 1 fully saturated rings. The number of anilines is 1. The van der Waals surface area contributed by atoms with Crippen LogP contribution in [0.3, 0.4) is 0 Å². The summed E-state index contributed by atoms with van der Waals surface area (Å²) in [7, 11) is 0. The summed E-state index contributed by atoms with van der Waals surface area (Å²) in [6.45, 7) is 2.39. The van der Waals surface area contributed by atoms with Gasteiger partial charge in [0.1, 0.15) is 0 Å². The second-order valence-electron chi connectivity index (χ2n) is 6.99. The van der Waals surface area contributed by atoms with Crippen LogP contribution in [0.15, 0.2) is 60.0 Å². The standard InChI is InChI=1S/C22H22N4O4S/c27-20(24-29)18-8-6-16(7-9-18)14-26(22(28)25-10-12-30-13-11-25)21-23-19(15-31-21)17-4-2-1-3-5-17/h1-9,15,29H,10-14H2,(H,24,27). The predicted molar refractivity (Wildman–Crippen MR) is 117 cm³/mol. The fourth-order valence-corrected chi connectivity index (χ4v) is 4.11. The maximum Gasteiger partial charge on any atom is 0.326 e. The van der Waals surface area contributed by atoms with Gasteiger partial charge in [0.15, 0.2) is 5.13 Å². The molecule has 9 heteroatoms. The van der Waals surface area contributed by atoms with Crippen molar-refractivity contribution in [2.45, 2.75) is 6.54 Å². The van der Waals surface area contributed by atoms with Gasteiger partial charge in [0.05, 0.1) is 25.5 Å². The molecule has 1 aliphatic rings. The van der Waals surface area contributed by atoms with Gasteiger partial charge in [-0.05, 0) is 17.7 Å². The molecule has 1 saturated heterocycles. The van der Waals surface area contributed by atoms with Gasteiger partial charge in [-0.2, -0.15) is 0 Å². The van der Waals surface area contributed by atoms with Gasteiger partial charge in [-0.25, -0.2) is 15.3 Å². The van der Waals surface area contributed by atoms with Gasteiger partial charge in [-0.15, -0.1) is 11.3 Å². The molecule has 3 amide bonds. The summed E-state index contributed by atoms with van der Waals surface area (Å²) in [6, 6.07) is 16.4. The molecule has 0 unspecified atom stereocenters. The van der Waals surface area contributed by atoms with Crippen LogP contribution >= 0.6 is 11.3 Å². The minimum Gasteiger partial charge on any atom is -0.378 e. The second-order valence-corrected chi connectivity index (χ2v) is 7.82. The van der Waals surface area contributed by atoms with Crippen LogP contribution in [-0.4, -0.2) is 53.3 Å². The monoisotopic (exact) mass is 438 g/mol. The number of benzene rings is 2. The molecule has 0 saturated carbocycles. The number of aromatic nitrogens is 1. The summed E-state index contributed by atoms with van der Waals surface area (Å²) in [5.74, 6) is -0.583. The molecule has 2 N–H and O–H groups in total. The third-order valence-corrected chi connectivity index (χ3v) is 5.83. The molecule has 2 heterocycles.